The minimum Gasteiger partial charge on any atom is -0.469 e. The Balaban J connectivity index is 2.67. The molecule has 1 aromatic carbocycles. The van der Waals surface area contributed by atoms with Gasteiger partial charge in [0.05, 0.1) is 19.1 Å². The third-order valence-corrected chi connectivity index (χ3v) is 2.52. The van der Waals surface area contributed by atoms with Gasteiger partial charge in [0.15, 0.2) is 0 Å². The van der Waals surface area contributed by atoms with Gasteiger partial charge >= 0.3 is 5.97 Å². The monoisotopic (exact) mass is 250 g/mol. The quantitative estimate of drug-likeness (QED) is 0.775. The standard InChI is InChI=1S/C13H18N2O3/c1-9(8-12(16)18-3)15-13(17)10-6-4-5-7-11(10)14-2/h4-7,9,14H,8H2,1-3H3,(H,15,17). The normalized spacial score (nSPS) is 11.5. The van der Waals surface area contributed by atoms with E-state index >= 15 is 0 Å². The summed E-state index contributed by atoms with van der Waals surface area (Å²) in [6.45, 7) is 1.76. The Labute approximate surface area is 107 Å². The summed E-state index contributed by atoms with van der Waals surface area (Å²) in [5.41, 5.74) is 1.30. The topological polar surface area (TPSA) is 67.4 Å². The molecule has 0 aliphatic heterocycles. The highest BCUT2D eigenvalue weighted by Gasteiger charge is 2.15. The maximum atomic E-state index is 12.0. The summed E-state index contributed by atoms with van der Waals surface area (Å²) in [6, 6.07) is 6.92. The van der Waals surface area contributed by atoms with Gasteiger partial charge in [0.25, 0.3) is 5.91 Å². The summed E-state index contributed by atoms with van der Waals surface area (Å²) in [5, 5.41) is 5.71. The molecule has 0 saturated heterocycles. The van der Waals surface area contributed by atoms with Gasteiger partial charge in [0.2, 0.25) is 0 Å². The molecule has 1 amide bonds. The summed E-state index contributed by atoms with van der Waals surface area (Å²) >= 11 is 0. The van der Waals surface area contributed by atoms with Crippen molar-refractivity contribution in [1.82, 2.24) is 5.32 Å². The molecule has 2 N–H and O–H groups in total. The van der Waals surface area contributed by atoms with Crippen molar-refractivity contribution in [2.45, 2.75) is 19.4 Å². The second-order valence-electron chi connectivity index (χ2n) is 3.95. The Kier molecular flexibility index (Phi) is 5.17. The van der Waals surface area contributed by atoms with Crippen molar-refractivity contribution in [1.29, 1.82) is 0 Å². The molecule has 1 rings (SSSR count). The Hall–Kier alpha value is -2.04. The van der Waals surface area contributed by atoms with E-state index in [1.807, 2.05) is 12.1 Å². The molecule has 1 atom stereocenters. The molecule has 0 radical (unpaired) electrons. The molecule has 98 valence electrons. The van der Waals surface area contributed by atoms with Gasteiger partial charge in [-0.3, -0.25) is 9.59 Å². The van der Waals surface area contributed by atoms with Gasteiger partial charge in [0.1, 0.15) is 0 Å². The lowest BCUT2D eigenvalue weighted by Crippen LogP contribution is -2.34. The van der Waals surface area contributed by atoms with Crippen LogP contribution in [0.5, 0.6) is 0 Å². The number of anilines is 1. The van der Waals surface area contributed by atoms with Crippen molar-refractivity contribution in [2.24, 2.45) is 0 Å². The summed E-state index contributed by atoms with van der Waals surface area (Å²) in [6.07, 6.45) is 0.157. The van der Waals surface area contributed by atoms with Gasteiger partial charge < -0.3 is 15.4 Å². The summed E-state index contributed by atoms with van der Waals surface area (Å²) < 4.78 is 4.55. The van der Waals surface area contributed by atoms with Gasteiger partial charge in [-0.2, -0.15) is 0 Å². The van der Waals surface area contributed by atoms with Crippen LogP contribution in [-0.2, 0) is 9.53 Å². The molecule has 0 fully saturated rings. The number of esters is 1. The van der Waals surface area contributed by atoms with Crippen molar-refractivity contribution in [3.63, 3.8) is 0 Å². The van der Waals surface area contributed by atoms with Crippen molar-refractivity contribution in [3.8, 4) is 0 Å². The number of nitrogens with one attached hydrogen (secondary N) is 2. The third-order valence-electron chi connectivity index (χ3n) is 2.52. The van der Waals surface area contributed by atoms with Crippen molar-refractivity contribution in [3.05, 3.63) is 29.8 Å². The fraction of sp³-hybridized carbons (Fsp3) is 0.385. The van der Waals surface area contributed by atoms with Crippen LogP contribution in [0.4, 0.5) is 5.69 Å². The van der Waals surface area contributed by atoms with Crippen LogP contribution in [0.1, 0.15) is 23.7 Å². The van der Waals surface area contributed by atoms with Crippen LogP contribution in [0.15, 0.2) is 24.3 Å². The van der Waals surface area contributed by atoms with E-state index in [9.17, 15) is 9.59 Å². The lowest BCUT2D eigenvalue weighted by atomic mass is 10.1. The molecule has 0 spiro atoms. The van der Waals surface area contributed by atoms with Crippen LogP contribution in [0.2, 0.25) is 0 Å². The fourth-order valence-corrected chi connectivity index (χ4v) is 1.59. The number of methoxy groups -OCH3 is 1. The number of carbonyl (C=O) groups excluding carboxylic acids is 2. The number of ether oxygens (including phenoxy) is 1. The Morgan fingerprint density at radius 2 is 2.00 bits per heavy atom. The maximum absolute atomic E-state index is 12.0. The molecular weight excluding hydrogens is 232 g/mol. The Morgan fingerprint density at radius 1 is 1.33 bits per heavy atom. The summed E-state index contributed by atoms with van der Waals surface area (Å²) in [4.78, 5) is 23.1. The lowest BCUT2D eigenvalue weighted by Gasteiger charge is -2.14. The summed E-state index contributed by atoms with van der Waals surface area (Å²) in [5.74, 6) is -0.555. The SMILES string of the molecule is CNc1ccccc1C(=O)NC(C)CC(=O)OC. The second-order valence-corrected chi connectivity index (χ2v) is 3.95. The second kappa shape index (κ2) is 6.64. The number of benzene rings is 1. The maximum Gasteiger partial charge on any atom is 0.307 e. The van der Waals surface area contributed by atoms with Crippen LogP contribution < -0.4 is 10.6 Å². The molecule has 0 saturated carbocycles. The smallest absolute Gasteiger partial charge is 0.307 e. The molecule has 0 aliphatic carbocycles. The highest BCUT2D eigenvalue weighted by atomic mass is 16.5. The predicted molar refractivity (Wildman–Crippen MR) is 69.5 cm³/mol. The summed E-state index contributed by atoms with van der Waals surface area (Å²) in [7, 11) is 3.08. The number of rotatable bonds is 5. The zero-order valence-electron chi connectivity index (χ0n) is 10.8. The highest BCUT2D eigenvalue weighted by Crippen LogP contribution is 2.14. The number of hydrogen-bond acceptors (Lipinski definition) is 4. The molecule has 0 heterocycles. The van der Waals surface area contributed by atoms with E-state index in [0.717, 1.165) is 5.69 Å². The van der Waals surface area contributed by atoms with Gasteiger partial charge in [-0.25, -0.2) is 0 Å². The van der Waals surface area contributed by atoms with Gasteiger partial charge in [-0.05, 0) is 19.1 Å². The molecule has 0 aliphatic rings. The van der Waals surface area contributed by atoms with E-state index < -0.39 is 0 Å². The molecule has 18 heavy (non-hydrogen) atoms. The molecule has 5 heteroatoms. The van der Waals surface area contributed by atoms with Crippen LogP contribution in [0.25, 0.3) is 0 Å². The number of carbonyl (C=O) groups is 2. The fourth-order valence-electron chi connectivity index (χ4n) is 1.59. The van der Waals surface area contributed by atoms with E-state index in [0.29, 0.717) is 5.56 Å². The van der Waals surface area contributed by atoms with Gasteiger partial charge in [-0.1, -0.05) is 12.1 Å². The first-order valence-electron chi connectivity index (χ1n) is 5.73. The molecule has 0 bridgehead atoms. The first-order chi connectivity index (χ1) is 8.58. The minimum absolute atomic E-state index is 0.157. The van der Waals surface area contributed by atoms with E-state index in [1.54, 1.807) is 26.1 Å². The third kappa shape index (κ3) is 3.76. The van der Waals surface area contributed by atoms with Crippen molar-refractivity contribution >= 4 is 17.6 Å². The van der Waals surface area contributed by atoms with E-state index in [-0.39, 0.29) is 24.3 Å². The molecule has 1 aromatic rings. The first kappa shape index (κ1) is 14.0. The minimum atomic E-state index is -0.343. The molecular formula is C13H18N2O3. The average Bonchev–Trinajstić information content (AvgIpc) is 2.38. The highest BCUT2D eigenvalue weighted by molar-refractivity contribution is 5.99. The van der Waals surface area contributed by atoms with Crippen LogP contribution in [0, 0.1) is 0 Å². The van der Waals surface area contributed by atoms with E-state index in [2.05, 4.69) is 15.4 Å². The van der Waals surface area contributed by atoms with E-state index in [4.69, 9.17) is 0 Å². The van der Waals surface area contributed by atoms with Gasteiger partial charge in [0, 0.05) is 18.8 Å². The first-order valence-corrected chi connectivity index (χ1v) is 5.73. The molecule has 1 unspecified atom stereocenters. The van der Waals surface area contributed by atoms with E-state index in [1.165, 1.54) is 7.11 Å². The number of hydrogen-bond donors (Lipinski definition) is 2. The van der Waals surface area contributed by atoms with Crippen LogP contribution in [0.3, 0.4) is 0 Å². The number of amides is 1. The average molecular weight is 250 g/mol. The number of para-hydroxylation sites is 1. The van der Waals surface area contributed by atoms with Crippen molar-refractivity contribution < 1.29 is 14.3 Å². The Morgan fingerprint density at radius 3 is 2.61 bits per heavy atom. The molecule has 5 nitrogen and oxygen atoms in total. The zero-order chi connectivity index (χ0) is 13.5. The van der Waals surface area contributed by atoms with Crippen molar-refractivity contribution in [2.75, 3.05) is 19.5 Å². The Bertz CT molecular complexity index is 432. The zero-order valence-corrected chi connectivity index (χ0v) is 10.8. The largest absolute Gasteiger partial charge is 0.469 e. The molecule has 0 aromatic heterocycles. The predicted octanol–water partition coefficient (Wildman–Crippen LogP) is 1.41. The van der Waals surface area contributed by atoms with Crippen LogP contribution in [-0.4, -0.2) is 32.1 Å². The van der Waals surface area contributed by atoms with Crippen LogP contribution >= 0.6 is 0 Å². The lowest BCUT2D eigenvalue weighted by molar-refractivity contribution is -0.141. The van der Waals surface area contributed by atoms with Gasteiger partial charge in [-0.15, -0.1) is 0 Å².